The van der Waals surface area contributed by atoms with Crippen LogP contribution < -0.4 is 14.9 Å². The van der Waals surface area contributed by atoms with Crippen molar-refractivity contribution in [1.82, 2.24) is 10.2 Å². The Morgan fingerprint density at radius 2 is 1.77 bits per heavy atom. The number of benzene rings is 2. The van der Waals surface area contributed by atoms with Gasteiger partial charge in [0.15, 0.2) is 6.29 Å². The molecule has 0 saturated carbocycles. The van der Waals surface area contributed by atoms with Gasteiger partial charge in [-0.1, -0.05) is 11.6 Å². The van der Waals surface area contributed by atoms with Crippen LogP contribution in [0.25, 0.3) is 0 Å². The normalized spacial score (nSPS) is 21.8. The van der Waals surface area contributed by atoms with Gasteiger partial charge in [0.25, 0.3) is 5.91 Å². The topological polar surface area (TPSA) is 123 Å². The lowest BCUT2D eigenvalue weighted by molar-refractivity contribution is -0.176. The van der Waals surface area contributed by atoms with Gasteiger partial charge in [0.2, 0.25) is 10.0 Å². The van der Waals surface area contributed by atoms with Crippen LogP contribution in [0.5, 0.6) is 11.5 Å². The highest BCUT2D eigenvalue weighted by molar-refractivity contribution is 7.89. The fraction of sp³-hybridized carbons (Fsp3) is 0.316. The summed E-state index contributed by atoms with van der Waals surface area (Å²) in [5, 5.41) is 9.66. The molecule has 162 valence electrons. The second-order valence-electron chi connectivity index (χ2n) is 6.67. The van der Waals surface area contributed by atoms with Crippen molar-refractivity contribution in [2.24, 2.45) is 0 Å². The molecule has 3 N–H and O–H groups in total. The van der Waals surface area contributed by atoms with Crippen molar-refractivity contribution in [1.29, 1.82) is 0 Å². The molecule has 1 aliphatic heterocycles. The van der Waals surface area contributed by atoms with E-state index >= 15 is 0 Å². The second kappa shape index (κ2) is 9.29. The molecule has 1 saturated heterocycles. The predicted molar refractivity (Wildman–Crippen MR) is 107 cm³/mol. The maximum atomic E-state index is 12.9. The number of ether oxygens (including phenoxy) is 3. The lowest BCUT2D eigenvalue weighted by atomic mass is 9.92. The molecule has 2 atom stereocenters. The van der Waals surface area contributed by atoms with E-state index in [-0.39, 0.29) is 24.3 Å². The van der Waals surface area contributed by atoms with E-state index < -0.39 is 27.8 Å². The molecule has 1 aliphatic rings. The summed E-state index contributed by atoms with van der Waals surface area (Å²) in [4.78, 5) is 12.2. The molecule has 9 nitrogen and oxygen atoms in total. The molecule has 0 aliphatic carbocycles. The monoisotopic (exact) mass is 456 g/mol. The number of nitrogens with one attached hydrogen (secondary N) is 2. The van der Waals surface area contributed by atoms with Crippen molar-refractivity contribution in [3.63, 3.8) is 0 Å². The SMILES string of the molecule is COC1CCC(NS(=O)(=O)c2ccc(Oc3ccc(Cl)cc3)cc2)(C(=O)NO)CO1. The van der Waals surface area contributed by atoms with Crippen LogP contribution in [0, 0.1) is 0 Å². The average Bonchev–Trinajstić information content (AvgIpc) is 2.75. The number of halogens is 1. The highest BCUT2D eigenvalue weighted by Crippen LogP contribution is 2.28. The van der Waals surface area contributed by atoms with Gasteiger partial charge in [-0.15, -0.1) is 0 Å². The number of methoxy groups -OCH3 is 1. The molecule has 3 rings (SSSR count). The van der Waals surface area contributed by atoms with Crippen LogP contribution in [0.2, 0.25) is 5.02 Å². The van der Waals surface area contributed by atoms with Crippen LogP contribution in [0.15, 0.2) is 53.4 Å². The second-order valence-corrected chi connectivity index (χ2v) is 8.79. The Hall–Kier alpha value is -2.21. The number of rotatable bonds is 7. The minimum absolute atomic E-state index is 0.0783. The summed E-state index contributed by atoms with van der Waals surface area (Å²) in [6.45, 7) is -0.297. The zero-order valence-corrected chi connectivity index (χ0v) is 17.6. The van der Waals surface area contributed by atoms with Gasteiger partial charge in [-0.05, 0) is 55.0 Å². The van der Waals surface area contributed by atoms with Gasteiger partial charge in [0.05, 0.1) is 11.5 Å². The molecule has 11 heteroatoms. The van der Waals surface area contributed by atoms with Crippen LogP contribution in [0.4, 0.5) is 0 Å². The van der Waals surface area contributed by atoms with E-state index in [1.54, 1.807) is 24.3 Å². The molecule has 0 bridgehead atoms. The van der Waals surface area contributed by atoms with E-state index in [0.717, 1.165) is 0 Å². The largest absolute Gasteiger partial charge is 0.457 e. The maximum absolute atomic E-state index is 12.9. The van der Waals surface area contributed by atoms with Crippen LogP contribution in [0.3, 0.4) is 0 Å². The number of hydroxylamine groups is 1. The van der Waals surface area contributed by atoms with Gasteiger partial charge in [-0.25, -0.2) is 13.9 Å². The summed E-state index contributed by atoms with van der Waals surface area (Å²) in [7, 11) is -2.66. The highest BCUT2D eigenvalue weighted by Gasteiger charge is 2.46. The van der Waals surface area contributed by atoms with E-state index in [1.807, 2.05) is 0 Å². The van der Waals surface area contributed by atoms with Crippen molar-refractivity contribution in [2.75, 3.05) is 13.7 Å². The standard InChI is InChI=1S/C19H21ClN2O7S/c1-27-17-10-11-19(12-28-17,18(23)21-24)22-30(25,26)16-8-6-15(7-9-16)29-14-4-2-13(20)3-5-14/h2-9,17,22,24H,10-12H2,1H3,(H,21,23). The Labute approximate surface area is 178 Å². The zero-order chi connectivity index (χ0) is 21.8. The minimum atomic E-state index is -4.11. The number of hydrogen-bond acceptors (Lipinski definition) is 7. The Kier molecular flexibility index (Phi) is 6.96. The molecule has 2 aromatic carbocycles. The summed E-state index contributed by atoms with van der Waals surface area (Å²) < 4.78 is 44.2. The van der Waals surface area contributed by atoms with Crippen molar-refractivity contribution < 1.29 is 32.6 Å². The predicted octanol–water partition coefficient (Wildman–Crippen LogP) is 2.44. The first-order valence-electron chi connectivity index (χ1n) is 8.94. The Morgan fingerprint density at radius 1 is 1.17 bits per heavy atom. The quantitative estimate of drug-likeness (QED) is 0.432. The van der Waals surface area contributed by atoms with Crippen molar-refractivity contribution in [3.05, 3.63) is 53.6 Å². The van der Waals surface area contributed by atoms with Gasteiger partial charge < -0.3 is 14.2 Å². The first kappa shape index (κ1) is 22.5. The smallest absolute Gasteiger partial charge is 0.267 e. The molecule has 1 heterocycles. The summed E-state index contributed by atoms with van der Waals surface area (Å²) >= 11 is 5.84. The average molecular weight is 457 g/mol. The Bertz CT molecular complexity index is 973. The van der Waals surface area contributed by atoms with Gasteiger partial charge in [-0.3, -0.25) is 10.0 Å². The molecule has 0 radical (unpaired) electrons. The van der Waals surface area contributed by atoms with Crippen LogP contribution >= 0.6 is 11.6 Å². The summed E-state index contributed by atoms with van der Waals surface area (Å²) in [6, 6.07) is 12.4. The first-order valence-corrected chi connectivity index (χ1v) is 10.8. The Balaban J connectivity index is 1.76. The first-order chi connectivity index (χ1) is 14.3. The number of carbonyl (C=O) groups excluding carboxylic acids is 1. The molecule has 30 heavy (non-hydrogen) atoms. The number of amides is 1. The van der Waals surface area contributed by atoms with E-state index in [1.165, 1.54) is 36.9 Å². The molecule has 0 spiro atoms. The molecule has 1 amide bonds. The maximum Gasteiger partial charge on any atom is 0.267 e. The third kappa shape index (κ3) is 5.09. The Morgan fingerprint density at radius 3 is 2.27 bits per heavy atom. The number of carbonyl (C=O) groups is 1. The zero-order valence-electron chi connectivity index (χ0n) is 16.0. The molecular weight excluding hydrogens is 436 g/mol. The third-order valence-corrected chi connectivity index (χ3v) is 6.44. The van der Waals surface area contributed by atoms with Crippen molar-refractivity contribution in [3.8, 4) is 11.5 Å². The van der Waals surface area contributed by atoms with Crippen molar-refractivity contribution in [2.45, 2.75) is 29.6 Å². The van der Waals surface area contributed by atoms with E-state index in [2.05, 4.69) is 4.72 Å². The van der Waals surface area contributed by atoms with Crippen LogP contribution in [-0.2, 0) is 24.3 Å². The summed E-state index contributed by atoms with van der Waals surface area (Å²) in [5.74, 6) is 0.0464. The van der Waals surface area contributed by atoms with Crippen LogP contribution in [-0.4, -0.2) is 45.1 Å². The van der Waals surface area contributed by atoms with E-state index in [0.29, 0.717) is 16.5 Å². The van der Waals surface area contributed by atoms with Crippen molar-refractivity contribution >= 4 is 27.5 Å². The van der Waals surface area contributed by atoms with E-state index in [9.17, 15) is 13.2 Å². The highest BCUT2D eigenvalue weighted by atomic mass is 35.5. The number of hydrogen-bond donors (Lipinski definition) is 3. The molecule has 2 unspecified atom stereocenters. The fourth-order valence-electron chi connectivity index (χ4n) is 3.00. The summed E-state index contributed by atoms with van der Waals surface area (Å²) in [5.41, 5.74) is -0.159. The lowest BCUT2D eigenvalue weighted by Crippen LogP contribution is -2.63. The van der Waals surface area contributed by atoms with Gasteiger partial charge in [0.1, 0.15) is 17.0 Å². The molecule has 0 aromatic heterocycles. The fourth-order valence-corrected chi connectivity index (χ4v) is 4.50. The van der Waals surface area contributed by atoms with Gasteiger partial charge in [0, 0.05) is 18.6 Å². The lowest BCUT2D eigenvalue weighted by Gasteiger charge is -2.37. The molecular formula is C19H21ClN2O7S. The number of sulfonamides is 1. The minimum Gasteiger partial charge on any atom is -0.457 e. The van der Waals surface area contributed by atoms with Gasteiger partial charge in [-0.2, -0.15) is 4.72 Å². The molecule has 2 aromatic rings. The van der Waals surface area contributed by atoms with E-state index in [4.69, 9.17) is 31.0 Å². The van der Waals surface area contributed by atoms with Crippen LogP contribution in [0.1, 0.15) is 12.8 Å². The molecule has 1 fully saturated rings. The third-order valence-electron chi connectivity index (χ3n) is 4.63. The summed E-state index contributed by atoms with van der Waals surface area (Å²) in [6.07, 6.45) is -0.215. The van der Waals surface area contributed by atoms with Gasteiger partial charge >= 0.3 is 0 Å².